The van der Waals surface area contributed by atoms with E-state index in [9.17, 15) is 9.59 Å². The summed E-state index contributed by atoms with van der Waals surface area (Å²) in [4.78, 5) is 22.7. The second kappa shape index (κ2) is 4.11. The molecule has 0 aromatic heterocycles. The Kier molecular flexibility index (Phi) is 2.85. The Morgan fingerprint density at radius 1 is 0.929 bits per heavy atom. The number of hydrogen-bond donors (Lipinski definition) is 1. The molecule has 0 radical (unpaired) electrons. The zero-order valence-electron chi connectivity index (χ0n) is 8.42. The van der Waals surface area contributed by atoms with Crippen molar-refractivity contribution in [2.45, 2.75) is 51.0 Å². The molecule has 1 amide bonds. The minimum atomic E-state index is -0.347. The second-order valence-corrected chi connectivity index (χ2v) is 4.40. The van der Waals surface area contributed by atoms with Crippen LogP contribution in [0.3, 0.4) is 0 Å². The highest BCUT2D eigenvalue weighted by molar-refractivity contribution is 6.39. The number of hydrogen-bond acceptors (Lipinski definition) is 2. The molecule has 1 heterocycles. The third kappa shape index (κ3) is 1.81. The van der Waals surface area contributed by atoms with Gasteiger partial charge in [0, 0.05) is 12.0 Å². The van der Waals surface area contributed by atoms with Crippen molar-refractivity contribution in [3.05, 3.63) is 0 Å². The Bertz CT molecular complexity index is 250. The fourth-order valence-corrected chi connectivity index (χ4v) is 2.56. The minimum absolute atomic E-state index is 0.0133. The standard InChI is InChI=1S/C11H17NO2/c13-10-8-6-4-2-1-3-5-7-9(8)12-11(10)14/h8-9H,1-7H2,(H,12,14). The molecule has 1 saturated carbocycles. The van der Waals surface area contributed by atoms with Gasteiger partial charge in [-0.25, -0.2) is 0 Å². The molecule has 1 aliphatic carbocycles. The molecule has 0 aromatic rings. The van der Waals surface area contributed by atoms with E-state index in [4.69, 9.17) is 0 Å². The van der Waals surface area contributed by atoms with Crippen molar-refractivity contribution in [1.82, 2.24) is 5.32 Å². The van der Waals surface area contributed by atoms with Gasteiger partial charge in [0.05, 0.1) is 0 Å². The predicted octanol–water partition coefficient (Wildman–Crippen LogP) is 1.41. The van der Waals surface area contributed by atoms with Gasteiger partial charge in [-0.15, -0.1) is 0 Å². The maximum atomic E-state index is 11.5. The lowest BCUT2D eigenvalue weighted by atomic mass is 9.92. The maximum Gasteiger partial charge on any atom is 0.287 e. The average Bonchev–Trinajstić information content (AvgIpc) is 2.49. The number of fused-ring (bicyclic) bond motifs is 1. The van der Waals surface area contributed by atoms with Gasteiger partial charge in [0.2, 0.25) is 5.78 Å². The first kappa shape index (κ1) is 9.69. The van der Waals surface area contributed by atoms with Crippen molar-refractivity contribution in [3.8, 4) is 0 Å². The summed E-state index contributed by atoms with van der Waals surface area (Å²) in [5.74, 6) is -0.530. The van der Waals surface area contributed by atoms with E-state index in [-0.39, 0.29) is 23.7 Å². The number of amides is 1. The zero-order chi connectivity index (χ0) is 9.97. The van der Waals surface area contributed by atoms with Crippen LogP contribution in [0.1, 0.15) is 44.9 Å². The summed E-state index contributed by atoms with van der Waals surface area (Å²) < 4.78 is 0. The van der Waals surface area contributed by atoms with Gasteiger partial charge >= 0.3 is 0 Å². The molecule has 2 rings (SSSR count). The number of nitrogens with one attached hydrogen (secondary N) is 1. The summed E-state index contributed by atoms with van der Waals surface area (Å²) in [7, 11) is 0. The van der Waals surface area contributed by atoms with Gasteiger partial charge in [-0.3, -0.25) is 9.59 Å². The van der Waals surface area contributed by atoms with Crippen molar-refractivity contribution in [3.63, 3.8) is 0 Å². The third-order valence-corrected chi connectivity index (χ3v) is 3.39. The lowest BCUT2D eigenvalue weighted by molar-refractivity contribution is -0.136. The van der Waals surface area contributed by atoms with E-state index < -0.39 is 0 Å². The van der Waals surface area contributed by atoms with Gasteiger partial charge < -0.3 is 5.32 Å². The van der Waals surface area contributed by atoms with Crippen molar-refractivity contribution >= 4 is 11.7 Å². The highest BCUT2D eigenvalue weighted by atomic mass is 16.2. The first-order valence-electron chi connectivity index (χ1n) is 5.64. The predicted molar refractivity (Wildman–Crippen MR) is 52.7 cm³/mol. The van der Waals surface area contributed by atoms with E-state index in [1.165, 1.54) is 19.3 Å². The van der Waals surface area contributed by atoms with E-state index in [0.717, 1.165) is 25.7 Å². The van der Waals surface area contributed by atoms with Crippen LogP contribution in [-0.2, 0) is 9.59 Å². The van der Waals surface area contributed by atoms with Gasteiger partial charge in [-0.2, -0.15) is 0 Å². The molecule has 78 valence electrons. The fourth-order valence-electron chi connectivity index (χ4n) is 2.56. The summed E-state index contributed by atoms with van der Waals surface area (Å²) in [6.07, 6.45) is 7.88. The SMILES string of the molecule is O=C1NC2CCCCCCCC2C1=O. The van der Waals surface area contributed by atoms with Crippen LogP contribution in [0.5, 0.6) is 0 Å². The second-order valence-electron chi connectivity index (χ2n) is 4.40. The Morgan fingerprint density at radius 2 is 1.57 bits per heavy atom. The molecule has 2 unspecified atom stereocenters. The topological polar surface area (TPSA) is 46.2 Å². The van der Waals surface area contributed by atoms with E-state index in [2.05, 4.69) is 5.32 Å². The highest BCUT2D eigenvalue weighted by Gasteiger charge is 2.39. The van der Waals surface area contributed by atoms with Gasteiger partial charge in [0.1, 0.15) is 0 Å². The van der Waals surface area contributed by atoms with Crippen molar-refractivity contribution in [2.24, 2.45) is 5.92 Å². The molecule has 2 atom stereocenters. The van der Waals surface area contributed by atoms with Crippen LogP contribution in [-0.4, -0.2) is 17.7 Å². The normalized spacial score (nSPS) is 34.0. The Hall–Kier alpha value is -0.860. The zero-order valence-corrected chi connectivity index (χ0v) is 8.42. The molecule has 3 nitrogen and oxygen atoms in total. The van der Waals surface area contributed by atoms with E-state index in [0.29, 0.717) is 0 Å². The number of carbonyl (C=O) groups is 2. The van der Waals surface area contributed by atoms with Crippen LogP contribution >= 0.6 is 0 Å². The third-order valence-electron chi connectivity index (χ3n) is 3.39. The molecule has 1 aliphatic heterocycles. The first-order valence-corrected chi connectivity index (χ1v) is 5.64. The molecule has 1 N–H and O–H groups in total. The van der Waals surface area contributed by atoms with E-state index in [1.54, 1.807) is 0 Å². The van der Waals surface area contributed by atoms with Crippen molar-refractivity contribution in [1.29, 1.82) is 0 Å². The summed E-state index contributed by atoms with van der Waals surface area (Å²) >= 11 is 0. The number of carbonyl (C=O) groups excluding carboxylic acids is 2. The van der Waals surface area contributed by atoms with Crippen molar-refractivity contribution < 1.29 is 9.59 Å². The first-order chi connectivity index (χ1) is 6.79. The van der Waals surface area contributed by atoms with Gasteiger partial charge in [0.25, 0.3) is 5.91 Å². The molecule has 2 fully saturated rings. The Balaban J connectivity index is 2.05. The van der Waals surface area contributed by atoms with Crippen LogP contribution in [0.2, 0.25) is 0 Å². The van der Waals surface area contributed by atoms with Crippen LogP contribution in [0, 0.1) is 5.92 Å². The summed E-state index contributed by atoms with van der Waals surface area (Å²) in [6.45, 7) is 0. The van der Waals surface area contributed by atoms with Crippen LogP contribution in [0.25, 0.3) is 0 Å². The van der Waals surface area contributed by atoms with Gasteiger partial charge in [-0.1, -0.05) is 32.1 Å². The highest BCUT2D eigenvalue weighted by Crippen LogP contribution is 2.26. The summed E-state index contributed by atoms with van der Waals surface area (Å²) in [6, 6.07) is 0.146. The fraction of sp³-hybridized carbons (Fsp3) is 0.818. The minimum Gasteiger partial charge on any atom is -0.346 e. The molecular weight excluding hydrogens is 178 g/mol. The summed E-state index contributed by atoms with van der Waals surface area (Å²) in [5.41, 5.74) is 0. The van der Waals surface area contributed by atoms with Crippen molar-refractivity contribution in [2.75, 3.05) is 0 Å². The quantitative estimate of drug-likeness (QED) is 0.594. The molecule has 0 spiro atoms. The van der Waals surface area contributed by atoms with Gasteiger partial charge in [0.15, 0.2) is 0 Å². The Labute approximate surface area is 84.2 Å². The molecule has 1 saturated heterocycles. The van der Waals surface area contributed by atoms with Gasteiger partial charge in [-0.05, 0) is 12.8 Å². The number of rotatable bonds is 0. The largest absolute Gasteiger partial charge is 0.346 e. The lowest BCUT2D eigenvalue weighted by Crippen LogP contribution is -2.28. The monoisotopic (exact) mass is 195 g/mol. The van der Waals surface area contributed by atoms with Crippen LogP contribution < -0.4 is 5.32 Å². The van der Waals surface area contributed by atoms with Crippen LogP contribution in [0.15, 0.2) is 0 Å². The van der Waals surface area contributed by atoms with E-state index in [1.807, 2.05) is 0 Å². The van der Waals surface area contributed by atoms with Crippen LogP contribution in [0.4, 0.5) is 0 Å². The molecule has 3 heteroatoms. The molecule has 14 heavy (non-hydrogen) atoms. The average molecular weight is 195 g/mol. The Morgan fingerprint density at radius 3 is 2.36 bits per heavy atom. The molecule has 2 aliphatic rings. The number of ketones is 1. The molecule has 0 bridgehead atoms. The maximum absolute atomic E-state index is 11.5. The lowest BCUT2D eigenvalue weighted by Gasteiger charge is -2.15. The number of Topliss-reactive ketones (excluding diaryl/α,β-unsaturated/α-hetero) is 1. The molecular formula is C11H17NO2. The smallest absolute Gasteiger partial charge is 0.287 e. The summed E-state index contributed by atoms with van der Waals surface area (Å²) in [5, 5.41) is 2.81. The van der Waals surface area contributed by atoms with E-state index >= 15 is 0 Å². The molecule has 0 aromatic carbocycles.